The Kier molecular flexibility index (Phi) is 5.65. The van der Waals surface area contributed by atoms with Crippen molar-refractivity contribution >= 4 is 23.5 Å². The van der Waals surface area contributed by atoms with Gasteiger partial charge in [-0.1, -0.05) is 18.5 Å². The number of carboxylic acid groups (broad SMARTS) is 1. The second-order valence-corrected chi connectivity index (χ2v) is 6.58. The van der Waals surface area contributed by atoms with E-state index in [1.54, 1.807) is 6.07 Å². The van der Waals surface area contributed by atoms with Gasteiger partial charge >= 0.3 is 5.97 Å². The molecule has 1 aromatic carbocycles. The molecule has 0 heterocycles. The fourth-order valence-corrected chi connectivity index (χ4v) is 3.20. The van der Waals surface area contributed by atoms with E-state index in [0.717, 1.165) is 24.0 Å². The lowest BCUT2D eigenvalue weighted by Crippen LogP contribution is -2.54. The van der Waals surface area contributed by atoms with E-state index in [9.17, 15) is 9.59 Å². The molecule has 1 aliphatic carbocycles. The molecule has 0 bridgehead atoms. The number of carboxylic acids is 1. The average Bonchev–Trinajstić information content (AvgIpc) is 2.43. The molecular weight excluding hydrogens is 316 g/mol. The number of aliphatic carboxylic acids is 1. The summed E-state index contributed by atoms with van der Waals surface area (Å²) < 4.78 is 0. The van der Waals surface area contributed by atoms with Gasteiger partial charge in [0.2, 0.25) is 0 Å². The molecule has 126 valence electrons. The van der Waals surface area contributed by atoms with Gasteiger partial charge in [-0.3, -0.25) is 14.5 Å². The largest absolute Gasteiger partial charge is 0.480 e. The molecule has 0 spiro atoms. The molecule has 0 aromatic heterocycles. The number of nitrogens with zero attached hydrogens (tertiary/aromatic N) is 1. The van der Waals surface area contributed by atoms with E-state index in [-0.39, 0.29) is 24.5 Å². The zero-order valence-corrected chi connectivity index (χ0v) is 14.5. The third kappa shape index (κ3) is 4.24. The van der Waals surface area contributed by atoms with Crippen molar-refractivity contribution in [3.05, 3.63) is 33.8 Å². The first kappa shape index (κ1) is 17.8. The average molecular weight is 339 g/mol. The van der Waals surface area contributed by atoms with Crippen molar-refractivity contribution < 1.29 is 14.7 Å². The number of likely N-dealkylation sites (N-methyl/N-ethyl adjacent to an activating group) is 1. The maximum absolute atomic E-state index is 12.4. The second-order valence-electron chi connectivity index (χ2n) is 6.17. The van der Waals surface area contributed by atoms with Crippen molar-refractivity contribution in [1.29, 1.82) is 0 Å². The minimum Gasteiger partial charge on any atom is -0.480 e. The highest BCUT2D eigenvalue weighted by atomic mass is 35.5. The fraction of sp³-hybridized carbons (Fsp3) is 0.529. The van der Waals surface area contributed by atoms with Gasteiger partial charge in [0.15, 0.2) is 0 Å². The smallest absolute Gasteiger partial charge is 0.317 e. The van der Waals surface area contributed by atoms with Crippen LogP contribution in [0, 0.1) is 13.8 Å². The van der Waals surface area contributed by atoms with Gasteiger partial charge in [0.05, 0.1) is 17.1 Å². The van der Waals surface area contributed by atoms with Crippen LogP contribution in [0.25, 0.3) is 0 Å². The summed E-state index contributed by atoms with van der Waals surface area (Å²) in [5.41, 5.74) is 2.59. The van der Waals surface area contributed by atoms with Crippen LogP contribution in [0.15, 0.2) is 12.1 Å². The van der Waals surface area contributed by atoms with Gasteiger partial charge in [0, 0.05) is 12.1 Å². The minimum absolute atomic E-state index is 0.0464. The van der Waals surface area contributed by atoms with E-state index in [4.69, 9.17) is 16.7 Å². The standard InChI is InChI=1S/C17H23ClN2O3/c1-4-20(9-16(21)22)13-7-12(8-13)19-17(23)14-5-10(2)11(3)6-15(14)18/h5-6,12-13H,4,7-9H2,1-3H3,(H,19,23)(H,21,22). The summed E-state index contributed by atoms with van der Waals surface area (Å²) in [7, 11) is 0. The maximum atomic E-state index is 12.4. The molecule has 0 saturated heterocycles. The summed E-state index contributed by atoms with van der Waals surface area (Å²) in [4.78, 5) is 25.1. The number of aryl methyl sites for hydroxylation is 2. The molecule has 1 amide bonds. The highest BCUT2D eigenvalue weighted by molar-refractivity contribution is 6.34. The van der Waals surface area contributed by atoms with Crippen LogP contribution >= 0.6 is 11.6 Å². The van der Waals surface area contributed by atoms with Crippen molar-refractivity contribution in [3.63, 3.8) is 0 Å². The molecule has 6 heteroatoms. The molecule has 2 rings (SSSR count). The van der Waals surface area contributed by atoms with Gasteiger partial charge in [-0.25, -0.2) is 0 Å². The van der Waals surface area contributed by atoms with Crippen LogP contribution in [0.5, 0.6) is 0 Å². The molecule has 1 fully saturated rings. The Bertz CT molecular complexity index is 612. The lowest BCUT2D eigenvalue weighted by Gasteiger charge is -2.42. The van der Waals surface area contributed by atoms with Crippen molar-refractivity contribution in [3.8, 4) is 0 Å². The van der Waals surface area contributed by atoms with Crippen LogP contribution in [0.2, 0.25) is 5.02 Å². The van der Waals surface area contributed by atoms with Gasteiger partial charge in [-0.05, 0) is 56.5 Å². The van der Waals surface area contributed by atoms with Crippen LogP contribution in [0.1, 0.15) is 41.3 Å². The normalized spacial score (nSPS) is 20.2. The lowest BCUT2D eigenvalue weighted by atomic mass is 9.85. The summed E-state index contributed by atoms with van der Waals surface area (Å²) in [5, 5.41) is 12.3. The van der Waals surface area contributed by atoms with Gasteiger partial charge in [-0.15, -0.1) is 0 Å². The van der Waals surface area contributed by atoms with E-state index in [1.807, 2.05) is 31.7 Å². The monoisotopic (exact) mass is 338 g/mol. The Labute approximate surface area is 141 Å². The van der Waals surface area contributed by atoms with Crippen LogP contribution < -0.4 is 5.32 Å². The number of carbonyl (C=O) groups is 2. The molecule has 1 aliphatic rings. The van der Waals surface area contributed by atoms with Gasteiger partial charge in [0.25, 0.3) is 5.91 Å². The third-order valence-electron chi connectivity index (χ3n) is 4.54. The van der Waals surface area contributed by atoms with Crippen LogP contribution in [0.3, 0.4) is 0 Å². The maximum Gasteiger partial charge on any atom is 0.317 e. The van der Waals surface area contributed by atoms with E-state index in [2.05, 4.69) is 5.32 Å². The van der Waals surface area contributed by atoms with Crippen molar-refractivity contribution in [2.75, 3.05) is 13.1 Å². The first-order valence-electron chi connectivity index (χ1n) is 7.85. The van der Waals surface area contributed by atoms with Gasteiger partial charge in [0.1, 0.15) is 0 Å². The Balaban J connectivity index is 1.91. The molecule has 1 saturated carbocycles. The summed E-state index contributed by atoms with van der Waals surface area (Å²) in [6, 6.07) is 3.91. The Morgan fingerprint density at radius 2 is 1.91 bits per heavy atom. The van der Waals surface area contributed by atoms with Crippen LogP contribution in [0.4, 0.5) is 0 Å². The highest BCUT2D eigenvalue weighted by Crippen LogP contribution is 2.27. The molecule has 23 heavy (non-hydrogen) atoms. The van der Waals surface area contributed by atoms with E-state index >= 15 is 0 Å². The van der Waals surface area contributed by atoms with Crippen LogP contribution in [-0.2, 0) is 4.79 Å². The number of hydrogen-bond donors (Lipinski definition) is 2. The summed E-state index contributed by atoms with van der Waals surface area (Å²) in [6.45, 7) is 6.60. The fourth-order valence-electron chi connectivity index (χ4n) is 2.89. The minimum atomic E-state index is -0.818. The number of rotatable bonds is 6. The molecule has 1 aromatic rings. The van der Waals surface area contributed by atoms with Gasteiger partial charge < -0.3 is 10.4 Å². The predicted molar refractivity (Wildman–Crippen MR) is 90.1 cm³/mol. The molecule has 0 atom stereocenters. The summed E-state index contributed by atoms with van der Waals surface area (Å²) in [6.07, 6.45) is 1.55. The molecule has 2 N–H and O–H groups in total. The first-order chi connectivity index (χ1) is 10.8. The van der Waals surface area contributed by atoms with E-state index < -0.39 is 5.97 Å². The molecule has 0 radical (unpaired) electrons. The second kappa shape index (κ2) is 7.32. The molecule has 0 unspecified atom stereocenters. The SMILES string of the molecule is CCN(CC(=O)O)C1CC(NC(=O)c2cc(C)c(C)cc2Cl)C1. The van der Waals surface area contributed by atoms with Crippen molar-refractivity contribution in [2.45, 2.75) is 45.7 Å². The Hall–Kier alpha value is -1.59. The summed E-state index contributed by atoms with van der Waals surface area (Å²) in [5.74, 6) is -0.982. The lowest BCUT2D eigenvalue weighted by molar-refractivity contribution is -0.139. The Morgan fingerprint density at radius 3 is 2.48 bits per heavy atom. The number of amides is 1. The first-order valence-corrected chi connectivity index (χ1v) is 8.23. The Morgan fingerprint density at radius 1 is 1.30 bits per heavy atom. The summed E-state index contributed by atoms with van der Waals surface area (Å²) >= 11 is 6.17. The van der Waals surface area contributed by atoms with E-state index in [1.165, 1.54) is 0 Å². The zero-order chi connectivity index (χ0) is 17.1. The highest BCUT2D eigenvalue weighted by Gasteiger charge is 2.35. The molecule has 0 aliphatic heterocycles. The van der Waals surface area contributed by atoms with Crippen LogP contribution in [-0.4, -0.2) is 47.1 Å². The quantitative estimate of drug-likeness (QED) is 0.836. The number of nitrogens with one attached hydrogen (secondary N) is 1. The number of halogens is 1. The molecular formula is C17H23ClN2O3. The van der Waals surface area contributed by atoms with Gasteiger partial charge in [-0.2, -0.15) is 0 Å². The number of carbonyl (C=O) groups excluding carboxylic acids is 1. The topological polar surface area (TPSA) is 69.6 Å². The number of hydrogen-bond acceptors (Lipinski definition) is 3. The third-order valence-corrected chi connectivity index (χ3v) is 4.85. The van der Waals surface area contributed by atoms with Crippen molar-refractivity contribution in [1.82, 2.24) is 10.2 Å². The number of benzene rings is 1. The van der Waals surface area contributed by atoms with E-state index in [0.29, 0.717) is 17.1 Å². The van der Waals surface area contributed by atoms with Crippen molar-refractivity contribution in [2.24, 2.45) is 0 Å². The molecule has 5 nitrogen and oxygen atoms in total. The predicted octanol–water partition coefficient (Wildman–Crippen LogP) is 2.62. The zero-order valence-electron chi connectivity index (χ0n) is 13.7.